The highest BCUT2D eigenvalue weighted by atomic mass is 35.5. The van der Waals surface area contributed by atoms with Crippen LogP contribution in [0.1, 0.15) is 63.0 Å². The Morgan fingerprint density at radius 1 is 0.974 bits per heavy atom. The molecule has 0 aromatic heterocycles. The molecule has 39 heavy (non-hydrogen) atoms. The molecule has 218 valence electrons. The van der Waals surface area contributed by atoms with Gasteiger partial charge >= 0.3 is 11.9 Å². The number of hydrogen-bond donors (Lipinski definition) is 2. The third-order valence-corrected chi connectivity index (χ3v) is 6.85. The lowest BCUT2D eigenvalue weighted by Gasteiger charge is -2.20. The number of carbonyl (C=O) groups excluding carboxylic acids is 2. The quantitative estimate of drug-likeness (QED) is 0.177. The van der Waals surface area contributed by atoms with Gasteiger partial charge in [0.15, 0.2) is 0 Å². The van der Waals surface area contributed by atoms with Crippen molar-refractivity contribution in [1.29, 1.82) is 0 Å². The van der Waals surface area contributed by atoms with Crippen LogP contribution in [0.3, 0.4) is 0 Å². The van der Waals surface area contributed by atoms with E-state index in [1.165, 1.54) is 26.4 Å². The topological polar surface area (TPSA) is 105 Å². The number of alkyl halides is 4. The highest BCUT2D eigenvalue weighted by Crippen LogP contribution is 2.57. The van der Waals surface area contributed by atoms with Crippen molar-refractivity contribution in [2.24, 2.45) is 5.92 Å². The molecule has 1 aliphatic carbocycles. The summed E-state index contributed by atoms with van der Waals surface area (Å²) >= 11 is 11.6. The van der Waals surface area contributed by atoms with Crippen LogP contribution < -0.4 is 11.5 Å². The molecule has 2 aromatic rings. The first-order chi connectivity index (χ1) is 17.6. The molecule has 2 aromatic carbocycles. The van der Waals surface area contributed by atoms with Crippen LogP contribution in [0.2, 0.25) is 10.0 Å². The molecular formula is C27H34Cl2F4N2O4. The van der Waals surface area contributed by atoms with E-state index in [4.69, 9.17) is 34.7 Å². The summed E-state index contributed by atoms with van der Waals surface area (Å²) in [5.74, 6) is -8.75. The van der Waals surface area contributed by atoms with Crippen molar-refractivity contribution in [3.05, 3.63) is 57.6 Å². The van der Waals surface area contributed by atoms with Crippen molar-refractivity contribution in [1.82, 2.24) is 0 Å². The van der Waals surface area contributed by atoms with Crippen molar-refractivity contribution in [3.8, 4) is 0 Å². The minimum absolute atomic E-state index is 0. The van der Waals surface area contributed by atoms with Gasteiger partial charge in [-0.25, -0.2) is 17.6 Å². The minimum atomic E-state index is -2.88. The zero-order chi connectivity index (χ0) is 28.8. The van der Waals surface area contributed by atoms with Crippen LogP contribution in [-0.4, -0.2) is 38.0 Å². The SMILES string of the molecule is C.COC(=O)CC(CC(C)(F)F)c1ccc(Cl)c(N)c1.COC(=O)CC(c1ccc(Cl)c(N)c1)C1CC1(F)F. The number of carbonyl (C=O) groups is 2. The molecule has 1 aliphatic rings. The lowest BCUT2D eigenvalue weighted by Crippen LogP contribution is -2.18. The zero-order valence-electron chi connectivity index (χ0n) is 21.1. The van der Waals surface area contributed by atoms with Crippen LogP contribution in [0.5, 0.6) is 0 Å². The predicted molar refractivity (Wildman–Crippen MR) is 145 cm³/mol. The van der Waals surface area contributed by atoms with Crippen LogP contribution in [0, 0.1) is 5.92 Å². The Morgan fingerprint density at radius 3 is 1.82 bits per heavy atom. The fourth-order valence-corrected chi connectivity index (χ4v) is 4.30. The number of halogens is 6. The van der Waals surface area contributed by atoms with E-state index in [0.29, 0.717) is 32.5 Å². The van der Waals surface area contributed by atoms with E-state index in [1.54, 1.807) is 24.3 Å². The number of ether oxygens (including phenoxy) is 2. The van der Waals surface area contributed by atoms with Gasteiger partial charge in [0.05, 0.1) is 48.5 Å². The molecule has 4 N–H and O–H groups in total. The van der Waals surface area contributed by atoms with Crippen LogP contribution in [0.25, 0.3) is 0 Å². The Kier molecular flexibility index (Phi) is 12.4. The monoisotopic (exact) mass is 596 g/mol. The van der Waals surface area contributed by atoms with Crippen LogP contribution in [0.4, 0.5) is 28.9 Å². The van der Waals surface area contributed by atoms with E-state index in [9.17, 15) is 27.2 Å². The van der Waals surface area contributed by atoms with Gasteiger partial charge in [0.2, 0.25) is 5.92 Å². The van der Waals surface area contributed by atoms with E-state index in [0.717, 1.165) is 6.92 Å². The second-order valence-electron chi connectivity index (χ2n) is 9.27. The van der Waals surface area contributed by atoms with Gasteiger partial charge < -0.3 is 20.9 Å². The summed E-state index contributed by atoms with van der Waals surface area (Å²) in [7, 11) is 2.46. The number of benzene rings is 2. The Morgan fingerprint density at radius 2 is 1.41 bits per heavy atom. The molecule has 0 aliphatic heterocycles. The summed E-state index contributed by atoms with van der Waals surface area (Å²) < 4.78 is 62.0. The normalized spacial score (nSPS) is 17.0. The fraction of sp³-hybridized carbons (Fsp3) is 0.481. The zero-order valence-corrected chi connectivity index (χ0v) is 22.6. The van der Waals surface area contributed by atoms with E-state index in [1.807, 2.05) is 0 Å². The average molecular weight is 597 g/mol. The van der Waals surface area contributed by atoms with Crippen LogP contribution in [-0.2, 0) is 19.1 Å². The van der Waals surface area contributed by atoms with Gasteiger partial charge in [-0.1, -0.05) is 42.8 Å². The second-order valence-corrected chi connectivity index (χ2v) is 10.1. The van der Waals surface area contributed by atoms with Crippen molar-refractivity contribution < 1.29 is 36.6 Å². The molecule has 3 atom stereocenters. The lowest BCUT2D eigenvalue weighted by molar-refractivity contribution is -0.142. The Balaban J connectivity index is 0.000000380. The Bertz CT molecular complexity index is 1140. The van der Waals surface area contributed by atoms with Gasteiger partial charge in [-0.2, -0.15) is 0 Å². The first-order valence-corrected chi connectivity index (χ1v) is 12.3. The number of methoxy groups -OCH3 is 2. The smallest absolute Gasteiger partial charge is 0.306 e. The summed E-state index contributed by atoms with van der Waals surface area (Å²) in [5, 5.41) is 0.715. The molecule has 0 radical (unpaired) electrons. The van der Waals surface area contributed by atoms with Gasteiger partial charge in [-0.05, 0) is 42.3 Å². The van der Waals surface area contributed by atoms with Crippen molar-refractivity contribution in [2.75, 3.05) is 25.7 Å². The van der Waals surface area contributed by atoms with Gasteiger partial charge in [0, 0.05) is 30.6 Å². The van der Waals surface area contributed by atoms with E-state index >= 15 is 0 Å². The predicted octanol–water partition coefficient (Wildman–Crippen LogP) is 7.47. The molecule has 6 nitrogen and oxygen atoms in total. The third-order valence-electron chi connectivity index (χ3n) is 6.16. The van der Waals surface area contributed by atoms with Crippen molar-refractivity contribution >= 4 is 46.5 Å². The molecule has 1 saturated carbocycles. The molecule has 0 spiro atoms. The van der Waals surface area contributed by atoms with Crippen LogP contribution in [0.15, 0.2) is 36.4 Å². The summed E-state index contributed by atoms with van der Waals surface area (Å²) in [6, 6.07) is 9.37. The number of anilines is 2. The maximum atomic E-state index is 13.3. The average Bonchev–Trinajstić information content (AvgIpc) is 3.47. The molecule has 0 saturated heterocycles. The number of rotatable bonds is 9. The number of nitrogens with two attached hydrogens (primary N) is 2. The van der Waals surface area contributed by atoms with Crippen LogP contribution >= 0.6 is 23.2 Å². The third kappa shape index (κ3) is 10.4. The van der Waals surface area contributed by atoms with Crippen molar-refractivity contribution in [3.63, 3.8) is 0 Å². The highest BCUT2D eigenvalue weighted by Gasteiger charge is 2.60. The van der Waals surface area contributed by atoms with Gasteiger partial charge in [0.1, 0.15) is 0 Å². The standard InChI is InChI=1S/C13H14ClF2NO2.C13H16ClF2NO2.CH4/c1-19-12(18)5-8(9-6-13(9,15)16)7-2-3-10(14)11(17)4-7;1-13(15,16)7-9(6-12(18)19-2)8-3-4-10(14)11(17)5-8;/h2-4,8-9H,5-6,17H2,1H3;3-5,9H,6-7,17H2,1-2H3;1H4. The van der Waals surface area contributed by atoms with Gasteiger partial charge in [-0.3, -0.25) is 9.59 Å². The van der Waals surface area contributed by atoms with E-state index in [-0.39, 0.29) is 26.7 Å². The summed E-state index contributed by atoms with van der Waals surface area (Å²) in [5.41, 5.74) is 13.1. The van der Waals surface area contributed by atoms with Gasteiger partial charge in [-0.15, -0.1) is 0 Å². The maximum absolute atomic E-state index is 13.3. The summed E-state index contributed by atoms with van der Waals surface area (Å²) in [6.45, 7) is 0.816. The molecule has 0 bridgehead atoms. The fourth-order valence-electron chi connectivity index (χ4n) is 4.06. The number of hydrogen-bond acceptors (Lipinski definition) is 6. The number of nitrogen functional groups attached to an aromatic ring is 2. The summed E-state index contributed by atoms with van der Waals surface area (Å²) in [4.78, 5) is 22.7. The first-order valence-electron chi connectivity index (χ1n) is 11.6. The molecule has 0 amide bonds. The second kappa shape index (κ2) is 14.1. The molecule has 12 heteroatoms. The molecule has 1 fully saturated rings. The molecule has 0 heterocycles. The minimum Gasteiger partial charge on any atom is -0.469 e. The van der Waals surface area contributed by atoms with E-state index in [2.05, 4.69) is 9.47 Å². The Labute approximate surface area is 235 Å². The van der Waals surface area contributed by atoms with Gasteiger partial charge in [0.25, 0.3) is 5.92 Å². The van der Waals surface area contributed by atoms with E-state index < -0.39 is 48.0 Å². The largest absolute Gasteiger partial charge is 0.469 e. The van der Waals surface area contributed by atoms with Crippen molar-refractivity contribution in [2.45, 2.75) is 63.7 Å². The Hall–Kier alpha value is -2.72. The number of esters is 2. The first kappa shape index (κ1) is 34.3. The molecular weight excluding hydrogens is 563 g/mol. The highest BCUT2D eigenvalue weighted by molar-refractivity contribution is 6.33. The summed E-state index contributed by atoms with van der Waals surface area (Å²) in [6.07, 6.45) is -0.876. The maximum Gasteiger partial charge on any atom is 0.306 e. The molecule has 3 rings (SSSR count). The molecule has 3 unspecified atom stereocenters. The lowest BCUT2D eigenvalue weighted by atomic mass is 9.90.